The number of carboxylic acid groups (broad SMARTS) is 1. The minimum absolute atomic E-state index is 0.0287. The van der Waals surface area contributed by atoms with Crippen molar-refractivity contribution in [3.8, 4) is 5.75 Å². The van der Waals surface area contributed by atoms with Crippen LogP contribution < -0.4 is 4.74 Å². The third-order valence-electron chi connectivity index (χ3n) is 6.32. The fraction of sp³-hybridized carbons (Fsp3) is 0.345. The molecule has 0 bridgehead atoms. The van der Waals surface area contributed by atoms with E-state index in [1.165, 1.54) is 6.07 Å². The minimum atomic E-state index is -4.52. The Hall–Kier alpha value is -3.03. The molecular formula is C29H31ClF3NO3. The summed E-state index contributed by atoms with van der Waals surface area (Å²) >= 11 is 6.22. The summed E-state index contributed by atoms with van der Waals surface area (Å²) in [4.78, 5) is 13.1. The zero-order valence-electron chi connectivity index (χ0n) is 20.8. The van der Waals surface area contributed by atoms with Crippen LogP contribution in [0.1, 0.15) is 48.4 Å². The molecule has 0 aromatic heterocycles. The van der Waals surface area contributed by atoms with Gasteiger partial charge in [-0.2, -0.15) is 13.2 Å². The first-order chi connectivity index (χ1) is 17.5. The number of hydrogen-bond acceptors (Lipinski definition) is 3. The van der Waals surface area contributed by atoms with E-state index in [0.717, 1.165) is 11.6 Å². The molecule has 8 heteroatoms. The van der Waals surface area contributed by atoms with Gasteiger partial charge >= 0.3 is 12.1 Å². The zero-order valence-corrected chi connectivity index (χ0v) is 21.6. The van der Waals surface area contributed by atoms with E-state index in [9.17, 15) is 18.0 Å². The summed E-state index contributed by atoms with van der Waals surface area (Å²) in [6.45, 7) is 5.35. The number of benzene rings is 3. The monoisotopic (exact) mass is 533 g/mol. The highest BCUT2D eigenvalue weighted by Gasteiger charge is 2.34. The second kappa shape index (κ2) is 13.0. The summed E-state index contributed by atoms with van der Waals surface area (Å²) in [5.41, 5.74) is 1.38. The predicted octanol–water partition coefficient (Wildman–Crippen LogP) is 7.45. The van der Waals surface area contributed by atoms with Gasteiger partial charge in [0.05, 0.1) is 23.6 Å². The maximum Gasteiger partial charge on any atom is 0.417 e. The van der Waals surface area contributed by atoms with E-state index in [0.29, 0.717) is 36.4 Å². The van der Waals surface area contributed by atoms with Crippen molar-refractivity contribution in [3.05, 3.63) is 100 Å². The smallest absolute Gasteiger partial charge is 0.417 e. The summed E-state index contributed by atoms with van der Waals surface area (Å²) in [7, 11) is 0. The first kappa shape index (κ1) is 28.5. The molecule has 0 aliphatic carbocycles. The number of carboxylic acids is 1. The lowest BCUT2D eigenvalue weighted by Gasteiger charge is -2.32. The van der Waals surface area contributed by atoms with Crippen molar-refractivity contribution in [2.24, 2.45) is 0 Å². The predicted molar refractivity (Wildman–Crippen MR) is 139 cm³/mol. The molecule has 37 heavy (non-hydrogen) atoms. The number of carbonyl (C=O) groups is 1. The van der Waals surface area contributed by atoms with Crippen molar-refractivity contribution >= 4 is 17.6 Å². The molecule has 1 N–H and O–H groups in total. The first-order valence-electron chi connectivity index (χ1n) is 12.1. The molecule has 198 valence electrons. The van der Waals surface area contributed by atoms with Crippen molar-refractivity contribution in [1.29, 1.82) is 0 Å². The van der Waals surface area contributed by atoms with E-state index in [4.69, 9.17) is 21.4 Å². The lowest BCUT2D eigenvalue weighted by molar-refractivity contribution is -0.138. The number of aliphatic carboxylic acids is 1. The highest BCUT2D eigenvalue weighted by molar-refractivity contribution is 6.32. The molecular weight excluding hydrogens is 503 g/mol. The Balaban J connectivity index is 1.74. The first-order valence-corrected chi connectivity index (χ1v) is 12.5. The molecule has 0 saturated carbocycles. The number of nitrogens with zero attached hydrogens (tertiary/aromatic N) is 1. The quantitative estimate of drug-likeness (QED) is 0.263. The zero-order chi connectivity index (χ0) is 27.0. The van der Waals surface area contributed by atoms with Gasteiger partial charge in [-0.15, -0.1) is 0 Å². The molecule has 2 atom stereocenters. The van der Waals surface area contributed by atoms with Crippen molar-refractivity contribution in [1.82, 2.24) is 4.90 Å². The van der Waals surface area contributed by atoms with Crippen molar-refractivity contribution in [2.75, 3.05) is 13.2 Å². The molecule has 0 radical (unpaired) electrons. The molecule has 3 aromatic carbocycles. The van der Waals surface area contributed by atoms with E-state index >= 15 is 0 Å². The van der Waals surface area contributed by atoms with Crippen molar-refractivity contribution < 1.29 is 27.8 Å². The molecule has 0 unspecified atom stereocenters. The SMILES string of the molecule is C[C@H](CN(Cc1cccc(C(F)(F)F)c1Cl)[C@H](C)CCOc1cccc(CC(=O)O)c1)c1ccccc1. The van der Waals surface area contributed by atoms with Crippen molar-refractivity contribution in [2.45, 2.75) is 51.4 Å². The molecule has 0 aliphatic rings. The minimum Gasteiger partial charge on any atom is -0.494 e. The van der Waals surface area contributed by atoms with E-state index < -0.39 is 17.7 Å². The molecule has 0 saturated heterocycles. The van der Waals surface area contributed by atoms with Gasteiger partial charge < -0.3 is 9.84 Å². The Bertz CT molecular complexity index is 1170. The van der Waals surface area contributed by atoms with Gasteiger partial charge in [0.2, 0.25) is 0 Å². The van der Waals surface area contributed by atoms with Crippen molar-refractivity contribution in [3.63, 3.8) is 0 Å². The molecule has 3 rings (SSSR count). The fourth-order valence-corrected chi connectivity index (χ4v) is 4.52. The molecule has 0 fully saturated rings. The number of rotatable bonds is 12. The van der Waals surface area contributed by atoms with E-state index in [2.05, 4.69) is 11.8 Å². The van der Waals surface area contributed by atoms with Gasteiger partial charge in [-0.1, -0.05) is 73.1 Å². The molecule has 0 spiro atoms. The normalized spacial score (nSPS) is 13.4. The second-order valence-corrected chi connectivity index (χ2v) is 9.60. The van der Waals surface area contributed by atoms with Crippen LogP contribution in [0.5, 0.6) is 5.75 Å². The van der Waals surface area contributed by atoms with Gasteiger partial charge in [-0.05, 0) is 54.2 Å². The van der Waals surface area contributed by atoms with E-state index in [1.54, 1.807) is 30.3 Å². The Kier molecular flexibility index (Phi) is 10.0. The van der Waals surface area contributed by atoms with Gasteiger partial charge in [0, 0.05) is 19.1 Å². The summed E-state index contributed by atoms with van der Waals surface area (Å²) < 4.78 is 46.2. The highest BCUT2D eigenvalue weighted by atomic mass is 35.5. The molecule has 0 heterocycles. The van der Waals surface area contributed by atoms with E-state index in [1.807, 2.05) is 37.3 Å². The molecule has 4 nitrogen and oxygen atoms in total. The van der Waals surface area contributed by atoms with Gasteiger partial charge in [-0.25, -0.2) is 0 Å². The summed E-state index contributed by atoms with van der Waals surface area (Å²) in [6, 6.07) is 20.9. The maximum absolute atomic E-state index is 13.4. The maximum atomic E-state index is 13.4. The van der Waals surface area contributed by atoms with Gasteiger partial charge in [-0.3, -0.25) is 9.69 Å². The average Bonchev–Trinajstić information content (AvgIpc) is 2.84. The number of ether oxygens (including phenoxy) is 1. The third kappa shape index (κ3) is 8.51. The highest BCUT2D eigenvalue weighted by Crippen LogP contribution is 2.37. The van der Waals surface area contributed by atoms with Crippen LogP contribution in [0, 0.1) is 0 Å². The number of halogens is 4. The standard InChI is InChI=1S/C29H31ClF3NO3/c1-20(23-9-4-3-5-10-23)18-34(19-24-11-7-13-26(28(24)30)29(31,32)33)21(2)14-15-37-25-12-6-8-22(16-25)17-27(35)36/h3-13,16,20-21H,14-15,17-19H2,1-2H3,(H,35,36)/t20-,21-/m1/s1. The van der Waals surface area contributed by atoms with Crippen LogP contribution in [0.15, 0.2) is 72.8 Å². The Morgan fingerprint density at radius 3 is 2.41 bits per heavy atom. The number of hydrogen-bond donors (Lipinski definition) is 1. The van der Waals surface area contributed by atoms with Crippen LogP contribution >= 0.6 is 11.6 Å². The lowest BCUT2D eigenvalue weighted by Crippen LogP contribution is -2.36. The van der Waals surface area contributed by atoms with Gasteiger partial charge in [0.15, 0.2) is 0 Å². The van der Waals surface area contributed by atoms with Crippen LogP contribution in [-0.2, 0) is 23.9 Å². The van der Waals surface area contributed by atoms with Crippen LogP contribution in [0.25, 0.3) is 0 Å². The largest absolute Gasteiger partial charge is 0.494 e. The molecule has 3 aromatic rings. The molecule has 0 amide bonds. The van der Waals surface area contributed by atoms with Crippen LogP contribution in [-0.4, -0.2) is 35.2 Å². The van der Waals surface area contributed by atoms with Crippen LogP contribution in [0.2, 0.25) is 5.02 Å². The lowest BCUT2D eigenvalue weighted by atomic mass is 9.99. The number of alkyl halides is 3. The van der Waals surface area contributed by atoms with Crippen LogP contribution in [0.4, 0.5) is 13.2 Å². The summed E-state index contributed by atoms with van der Waals surface area (Å²) in [5, 5.41) is 8.73. The third-order valence-corrected chi connectivity index (χ3v) is 6.76. The Labute approximate surface area is 220 Å². The van der Waals surface area contributed by atoms with Gasteiger partial charge in [0.25, 0.3) is 0 Å². The van der Waals surface area contributed by atoms with Crippen LogP contribution in [0.3, 0.4) is 0 Å². The molecule has 0 aliphatic heterocycles. The Morgan fingerprint density at radius 2 is 1.73 bits per heavy atom. The Morgan fingerprint density at radius 1 is 1.03 bits per heavy atom. The fourth-order valence-electron chi connectivity index (χ4n) is 4.23. The summed E-state index contributed by atoms with van der Waals surface area (Å²) in [5.74, 6) is -0.194. The topological polar surface area (TPSA) is 49.8 Å². The van der Waals surface area contributed by atoms with E-state index in [-0.39, 0.29) is 29.9 Å². The van der Waals surface area contributed by atoms with Gasteiger partial charge in [0.1, 0.15) is 5.75 Å². The second-order valence-electron chi connectivity index (χ2n) is 9.22. The summed E-state index contributed by atoms with van der Waals surface area (Å²) in [6.07, 6.45) is -4.00. The average molecular weight is 534 g/mol.